The van der Waals surface area contributed by atoms with Crippen molar-refractivity contribution in [2.24, 2.45) is 0 Å². The van der Waals surface area contributed by atoms with Crippen LogP contribution in [0.15, 0.2) is 218 Å². The summed E-state index contributed by atoms with van der Waals surface area (Å²) in [6.07, 6.45) is 0. The summed E-state index contributed by atoms with van der Waals surface area (Å²) in [6.45, 7) is 0. The summed E-state index contributed by atoms with van der Waals surface area (Å²) in [4.78, 5) is 15.8. The van der Waals surface area contributed by atoms with Crippen molar-refractivity contribution in [2.75, 3.05) is 0 Å². The topological polar surface area (TPSA) is 43.6 Å². The molecule has 292 valence electrons. The van der Waals surface area contributed by atoms with Crippen LogP contribution in [0.2, 0.25) is 0 Å². The average molecular weight is 801 g/mol. The Kier molecular flexibility index (Phi) is 7.87. The van der Waals surface area contributed by atoms with E-state index >= 15 is 0 Å². The Morgan fingerprint density at radius 3 is 1.56 bits per heavy atom. The van der Waals surface area contributed by atoms with Crippen LogP contribution < -0.4 is 0 Å². The van der Waals surface area contributed by atoms with Gasteiger partial charge in [-0.3, -0.25) is 0 Å². The molecule has 0 N–H and O–H groups in total. The average Bonchev–Trinajstić information content (AvgIpc) is 3.68. The second kappa shape index (κ2) is 14.1. The molecule has 13 rings (SSSR count). The third-order valence-electron chi connectivity index (χ3n) is 12.8. The van der Waals surface area contributed by atoms with Gasteiger partial charge in [0.05, 0.1) is 16.7 Å². The summed E-state index contributed by atoms with van der Waals surface area (Å²) in [5.41, 5.74) is 8.60. The van der Waals surface area contributed by atoms with Crippen LogP contribution in [0.25, 0.3) is 127 Å². The highest BCUT2D eigenvalue weighted by atomic mass is 15.0. The molecule has 4 heteroatoms. The van der Waals surface area contributed by atoms with Crippen molar-refractivity contribution in [3.8, 4) is 51.0 Å². The first kappa shape index (κ1) is 35.3. The minimum Gasteiger partial charge on any atom is -0.309 e. The molecule has 0 radical (unpaired) electrons. The standard InChI is InChI=1S/C59H36N4/c1-2-17-40(18-3-1)57-60-58(49-27-13-22-38-15-7-10-24-45(38)49)62-59(61-57)50-31-33-53(51-35-43(28-30-48(50)51)46-26-12-21-37-14-6-9-23-44(37)46)63-54-32-29-39-16-8-11-25-47(39)56(54)52-34-41-19-4-5-20-42(41)36-55(52)63/h1-36H. The molecule has 11 aromatic carbocycles. The van der Waals surface area contributed by atoms with Crippen molar-refractivity contribution in [3.05, 3.63) is 218 Å². The van der Waals surface area contributed by atoms with Crippen LogP contribution in [0.3, 0.4) is 0 Å². The first-order valence-electron chi connectivity index (χ1n) is 21.4. The van der Waals surface area contributed by atoms with E-state index in [0.717, 1.165) is 60.5 Å². The first-order chi connectivity index (χ1) is 31.2. The van der Waals surface area contributed by atoms with Gasteiger partial charge in [0.1, 0.15) is 0 Å². The summed E-state index contributed by atoms with van der Waals surface area (Å²) in [5, 5.41) is 14.2. The summed E-state index contributed by atoms with van der Waals surface area (Å²) in [5.74, 6) is 1.90. The molecule has 4 nitrogen and oxygen atoms in total. The van der Waals surface area contributed by atoms with Crippen molar-refractivity contribution >= 4 is 75.7 Å². The molecule has 0 spiro atoms. The Morgan fingerprint density at radius 2 is 0.825 bits per heavy atom. The fourth-order valence-electron chi connectivity index (χ4n) is 9.85. The van der Waals surface area contributed by atoms with Crippen LogP contribution >= 0.6 is 0 Å². The van der Waals surface area contributed by atoms with E-state index in [9.17, 15) is 0 Å². The van der Waals surface area contributed by atoms with Gasteiger partial charge < -0.3 is 4.57 Å². The third-order valence-corrected chi connectivity index (χ3v) is 12.8. The van der Waals surface area contributed by atoms with Gasteiger partial charge in [-0.1, -0.05) is 182 Å². The zero-order valence-electron chi connectivity index (χ0n) is 34.1. The monoisotopic (exact) mass is 800 g/mol. The highest BCUT2D eigenvalue weighted by Crippen LogP contribution is 2.43. The van der Waals surface area contributed by atoms with Crippen LogP contribution in [-0.4, -0.2) is 19.5 Å². The number of hydrogen-bond acceptors (Lipinski definition) is 3. The molecular formula is C59H36N4. The lowest BCUT2D eigenvalue weighted by molar-refractivity contribution is 1.08. The third kappa shape index (κ3) is 5.66. The fraction of sp³-hybridized carbons (Fsp3) is 0. The predicted molar refractivity (Wildman–Crippen MR) is 263 cm³/mol. The zero-order chi connectivity index (χ0) is 41.4. The minimum absolute atomic E-state index is 0.625. The van der Waals surface area contributed by atoms with Crippen LogP contribution in [0.1, 0.15) is 0 Å². The van der Waals surface area contributed by atoms with Crippen LogP contribution in [0, 0.1) is 0 Å². The lowest BCUT2D eigenvalue weighted by Crippen LogP contribution is -2.02. The lowest BCUT2D eigenvalue weighted by Gasteiger charge is -2.17. The van der Waals surface area contributed by atoms with Gasteiger partial charge in [0.15, 0.2) is 17.5 Å². The highest BCUT2D eigenvalue weighted by molar-refractivity contribution is 6.24. The maximum absolute atomic E-state index is 5.35. The summed E-state index contributed by atoms with van der Waals surface area (Å²) in [7, 11) is 0. The van der Waals surface area contributed by atoms with Gasteiger partial charge in [-0.25, -0.2) is 15.0 Å². The number of rotatable bonds is 5. The summed E-state index contributed by atoms with van der Waals surface area (Å²) < 4.78 is 2.48. The van der Waals surface area contributed by atoms with E-state index in [1.54, 1.807) is 0 Å². The van der Waals surface area contributed by atoms with Gasteiger partial charge in [0.2, 0.25) is 0 Å². The molecule has 0 saturated heterocycles. The maximum atomic E-state index is 5.35. The molecule has 0 aliphatic rings. The number of hydrogen-bond donors (Lipinski definition) is 0. The Morgan fingerprint density at radius 1 is 0.270 bits per heavy atom. The lowest BCUT2D eigenvalue weighted by atomic mass is 9.94. The van der Waals surface area contributed by atoms with Gasteiger partial charge in [-0.15, -0.1) is 0 Å². The molecule has 63 heavy (non-hydrogen) atoms. The minimum atomic E-state index is 0.625. The van der Waals surface area contributed by atoms with E-state index in [2.05, 4.69) is 205 Å². The fourth-order valence-corrected chi connectivity index (χ4v) is 9.85. The molecule has 0 bridgehead atoms. The van der Waals surface area contributed by atoms with Crippen LogP contribution in [-0.2, 0) is 0 Å². The van der Waals surface area contributed by atoms with Crippen molar-refractivity contribution in [2.45, 2.75) is 0 Å². The molecule has 0 saturated carbocycles. The number of nitrogens with zero attached hydrogens (tertiary/aromatic N) is 4. The number of benzene rings is 11. The molecule has 0 unspecified atom stereocenters. The molecule has 0 aliphatic heterocycles. The number of aromatic nitrogens is 4. The summed E-state index contributed by atoms with van der Waals surface area (Å²) >= 11 is 0. The molecule has 2 aromatic heterocycles. The molecule has 2 heterocycles. The van der Waals surface area contributed by atoms with Gasteiger partial charge in [-0.2, -0.15) is 0 Å². The number of fused-ring (bicyclic) bond motifs is 9. The first-order valence-corrected chi connectivity index (χ1v) is 21.4. The van der Waals surface area contributed by atoms with E-state index < -0.39 is 0 Å². The Balaban J connectivity index is 1.14. The van der Waals surface area contributed by atoms with Crippen molar-refractivity contribution in [3.63, 3.8) is 0 Å². The van der Waals surface area contributed by atoms with Gasteiger partial charge in [0.25, 0.3) is 0 Å². The van der Waals surface area contributed by atoms with Crippen molar-refractivity contribution in [1.29, 1.82) is 0 Å². The molecular weight excluding hydrogens is 765 g/mol. The predicted octanol–water partition coefficient (Wildman–Crippen LogP) is 15.4. The van der Waals surface area contributed by atoms with Gasteiger partial charge in [0, 0.05) is 32.8 Å². The van der Waals surface area contributed by atoms with Crippen molar-refractivity contribution < 1.29 is 0 Å². The van der Waals surface area contributed by atoms with E-state index in [1.807, 2.05) is 18.2 Å². The van der Waals surface area contributed by atoms with Gasteiger partial charge >= 0.3 is 0 Å². The molecule has 0 fully saturated rings. The quantitative estimate of drug-likeness (QED) is 0.174. The van der Waals surface area contributed by atoms with E-state index in [4.69, 9.17) is 15.0 Å². The maximum Gasteiger partial charge on any atom is 0.164 e. The Bertz CT molecular complexity index is 3970. The van der Waals surface area contributed by atoms with E-state index in [-0.39, 0.29) is 0 Å². The molecule has 0 atom stereocenters. The SMILES string of the molecule is c1ccc(-c2nc(-c3cccc4ccccc34)nc(-c3ccc(-n4c5cc6ccccc6cc5c5c6ccccc6ccc54)c4cc(-c5cccc6ccccc56)ccc34)n2)cc1. The Hall–Kier alpha value is -8.47. The second-order valence-corrected chi connectivity index (χ2v) is 16.4. The largest absolute Gasteiger partial charge is 0.309 e. The van der Waals surface area contributed by atoms with E-state index in [0.29, 0.717) is 17.5 Å². The highest BCUT2D eigenvalue weighted by Gasteiger charge is 2.22. The zero-order valence-corrected chi connectivity index (χ0v) is 34.1. The normalized spacial score (nSPS) is 11.8. The summed E-state index contributed by atoms with van der Waals surface area (Å²) in [6, 6.07) is 78.4. The van der Waals surface area contributed by atoms with E-state index in [1.165, 1.54) is 48.7 Å². The molecule has 13 aromatic rings. The molecule has 0 amide bonds. The van der Waals surface area contributed by atoms with Crippen LogP contribution in [0.4, 0.5) is 0 Å². The van der Waals surface area contributed by atoms with Crippen molar-refractivity contribution in [1.82, 2.24) is 19.5 Å². The van der Waals surface area contributed by atoms with Gasteiger partial charge in [-0.05, 0) is 96.0 Å². The smallest absolute Gasteiger partial charge is 0.164 e. The second-order valence-electron chi connectivity index (χ2n) is 16.4. The van der Waals surface area contributed by atoms with Crippen LogP contribution in [0.5, 0.6) is 0 Å². The Labute approximate surface area is 363 Å². The molecule has 0 aliphatic carbocycles.